The third kappa shape index (κ3) is 5.81. The monoisotopic (exact) mass is 413 g/mol. The second-order valence-corrected chi connectivity index (χ2v) is 7.15. The van der Waals surface area contributed by atoms with Crippen molar-refractivity contribution in [3.63, 3.8) is 0 Å². The van der Waals surface area contributed by atoms with Gasteiger partial charge in [-0.2, -0.15) is 0 Å². The Labute approximate surface area is 178 Å². The summed E-state index contributed by atoms with van der Waals surface area (Å²) in [6.45, 7) is 6.05. The first-order valence-electron chi connectivity index (χ1n) is 10.5. The van der Waals surface area contributed by atoms with Gasteiger partial charge in [0.25, 0.3) is 0 Å². The summed E-state index contributed by atoms with van der Waals surface area (Å²) >= 11 is 0. The number of carbonyl (C=O) groups is 1. The Balaban J connectivity index is 1.38. The molecule has 1 amide bonds. The SMILES string of the molecule is CCOCCOCCOCCN(C)C(=O)OCC1c2ccccc2-c2ccccc21. The molecule has 0 heterocycles. The normalized spacial score (nSPS) is 12.5. The first-order chi connectivity index (χ1) is 14.7. The third-order valence-electron chi connectivity index (χ3n) is 5.17. The number of hydrogen-bond donors (Lipinski definition) is 0. The van der Waals surface area contributed by atoms with Crippen LogP contribution in [0.2, 0.25) is 0 Å². The van der Waals surface area contributed by atoms with Crippen molar-refractivity contribution in [3.05, 3.63) is 59.7 Å². The van der Waals surface area contributed by atoms with Crippen LogP contribution in [0.15, 0.2) is 48.5 Å². The van der Waals surface area contributed by atoms with E-state index in [4.69, 9.17) is 18.9 Å². The molecule has 2 aromatic rings. The summed E-state index contributed by atoms with van der Waals surface area (Å²) in [6, 6.07) is 16.6. The van der Waals surface area contributed by atoms with Crippen molar-refractivity contribution < 1.29 is 23.7 Å². The van der Waals surface area contributed by atoms with Gasteiger partial charge in [-0.3, -0.25) is 0 Å². The molecule has 1 aliphatic rings. The zero-order valence-electron chi connectivity index (χ0n) is 17.8. The molecule has 162 valence electrons. The summed E-state index contributed by atoms with van der Waals surface area (Å²) in [5, 5.41) is 0. The highest BCUT2D eigenvalue weighted by molar-refractivity contribution is 5.79. The lowest BCUT2D eigenvalue weighted by Gasteiger charge is -2.19. The number of ether oxygens (including phenoxy) is 4. The van der Waals surface area contributed by atoms with E-state index < -0.39 is 0 Å². The van der Waals surface area contributed by atoms with Crippen LogP contribution in [0, 0.1) is 0 Å². The molecule has 0 spiro atoms. The van der Waals surface area contributed by atoms with Gasteiger partial charge in [-0.1, -0.05) is 48.5 Å². The number of nitrogens with zero attached hydrogens (tertiary/aromatic N) is 1. The molecule has 0 aliphatic heterocycles. The summed E-state index contributed by atoms with van der Waals surface area (Å²) in [5.41, 5.74) is 4.86. The molecule has 6 nitrogen and oxygen atoms in total. The first-order valence-corrected chi connectivity index (χ1v) is 10.5. The Hall–Kier alpha value is -2.41. The van der Waals surface area contributed by atoms with Gasteiger partial charge in [0.1, 0.15) is 6.61 Å². The zero-order chi connectivity index (χ0) is 21.2. The van der Waals surface area contributed by atoms with Crippen molar-refractivity contribution in [3.8, 4) is 11.1 Å². The van der Waals surface area contributed by atoms with Crippen molar-refractivity contribution in [2.75, 3.05) is 59.8 Å². The van der Waals surface area contributed by atoms with E-state index in [1.807, 2.05) is 31.2 Å². The molecule has 30 heavy (non-hydrogen) atoms. The Bertz CT molecular complexity index is 764. The van der Waals surface area contributed by atoms with E-state index >= 15 is 0 Å². The second kappa shape index (κ2) is 11.7. The number of benzene rings is 2. The van der Waals surface area contributed by atoms with Gasteiger partial charge in [-0.25, -0.2) is 4.79 Å². The van der Waals surface area contributed by atoms with Crippen LogP contribution >= 0.6 is 0 Å². The fourth-order valence-corrected chi connectivity index (χ4v) is 3.58. The summed E-state index contributed by atoms with van der Waals surface area (Å²) in [7, 11) is 1.72. The molecule has 0 aromatic heterocycles. The van der Waals surface area contributed by atoms with E-state index in [0.717, 1.165) is 0 Å². The largest absolute Gasteiger partial charge is 0.448 e. The van der Waals surface area contributed by atoms with Crippen molar-refractivity contribution in [2.45, 2.75) is 12.8 Å². The number of hydrogen-bond acceptors (Lipinski definition) is 5. The topological polar surface area (TPSA) is 57.2 Å². The van der Waals surface area contributed by atoms with E-state index in [1.165, 1.54) is 22.3 Å². The number of fused-ring (bicyclic) bond motifs is 3. The van der Waals surface area contributed by atoms with E-state index in [1.54, 1.807) is 11.9 Å². The maximum Gasteiger partial charge on any atom is 0.409 e. The molecule has 0 fully saturated rings. The van der Waals surface area contributed by atoms with E-state index in [-0.39, 0.29) is 12.0 Å². The van der Waals surface area contributed by atoms with Crippen LogP contribution in [0.5, 0.6) is 0 Å². The molecular weight excluding hydrogens is 382 g/mol. The smallest absolute Gasteiger partial charge is 0.409 e. The minimum absolute atomic E-state index is 0.0693. The van der Waals surface area contributed by atoms with E-state index in [9.17, 15) is 4.79 Å². The Morgan fingerprint density at radius 1 is 0.833 bits per heavy atom. The average Bonchev–Trinajstić information content (AvgIpc) is 3.10. The number of likely N-dealkylation sites (N-methyl/N-ethyl adjacent to an activating group) is 1. The van der Waals surface area contributed by atoms with Crippen LogP contribution in [0.25, 0.3) is 11.1 Å². The first kappa shape index (κ1) is 22.3. The predicted octanol–water partition coefficient (Wildman–Crippen LogP) is 3.94. The van der Waals surface area contributed by atoms with Crippen LogP contribution in [-0.4, -0.2) is 70.8 Å². The number of amides is 1. The highest BCUT2D eigenvalue weighted by Gasteiger charge is 2.29. The van der Waals surface area contributed by atoms with Gasteiger partial charge < -0.3 is 23.8 Å². The van der Waals surface area contributed by atoms with Crippen LogP contribution in [-0.2, 0) is 18.9 Å². The molecule has 0 N–H and O–H groups in total. The summed E-state index contributed by atoms with van der Waals surface area (Å²) in [5.74, 6) is 0.0693. The lowest BCUT2D eigenvalue weighted by molar-refractivity contribution is 0.0132. The third-order valence-corrected chi connectivity index (χ3v) is 5.17. The maximum atomic E-state index is 12.4. The predicted molar refractivity (Wildman–Crippen MR) is 116 cm³/mol. The zero-order valence-corrected chi connectivity index (χ0v) is 17.8. The van der Waals surface area contributed by atoms with Crippen LogP contribution in [0.3, 0.4) is 0 Å². The molecule has 0 unspecified atom stereocenters. The maximum absolute atomic E-state index is 12.4. The van der Waals surface area contributed by atoms with Gasteiger partial charge in [0.05, 0.1) is 33.0 Å². The fourth-order valence-electron chi connectivity index (χ4n) is 3.58. The van der Waals surface area contributed by atoms with Crippen LogP contribution in [0.1, 0.15) is 24.0 Å². The minimum Gasteiger partial charge on any atom is -0.448 e. The van der Waals surface area contributed by atoms with Gasteiger partial charge >= 0.3 is 6.09 Å². The Kier molecular flexibility index (Phi) is 8.68. The van der Waals surface area contributed by atoms with Gasteiger partial charge in [0.2, 0.25) is 0 Å². The van der Waals surface area contributed by atoms with Crippen molar-refractivity contribution in [1.82, 2.24) is 4.90 Å². The van der Waals surface area contributed by atoms with Crippen molar-refractivity contribution in [1.29, 1.82) is 0 Å². The van der Waals surface area contributed by atoms with Gasteiger partial charge in [-0.15, -0.1) is 0 Å². The molecule has 6 heteroatoms. The molecule has 0 saturated heterocycles. The highest BCUT2D eigenvalue weighted by atomic mass is 16.6. The summed E-state index contributed by atoms with van der Waals surface area (Å²) < 4.78 is 21.7. The molecule has 2 aromatic carbocycles. The molecule has 0 saturated carbocycles. The fraction of sp³-hybridized carbons (Fsp3) is 0.458. The molecule has 1 aliphatic carbocycles. The van der Waals surface area contributed by atoms with E-state index in [0.29, 0.717) is 52.8 Å². The second-order valence-electron chi connectivity index (χ2n) is 7.15. The summed E-state index contributed by atoms with van der Waals surface area (Å²) in [6.07, 6.45) is -0.339. The quantitative estimate of drug-likeness (QED) is 0.494. The van der Waals surface area contributed by atoms with Crippen LogP contribution in [0.4, 0.5) is 4.79 Å². The van der Waals surface area contributed by atoms with Crippen molar-refractivity contribution >= 4 is 6.09 Å². The Morgan fingerprint density at radius 3 is 1.97 bits per heavy atom. The number of rotatable bonds is 12. The summed E-state index contributed by atoms with van der Waals surface area (Å²) in [4.78, 5) is 13.9. The molecular formula is C24H31NO5. The minimum atomic E-state index is -0.339. The Morgan fingerprint density at radius 2 is 1.37 bits per heavy atom. The van der Waals surface area contributed by atoms with Gasteiger partial charge in [-0.05, 0) is 29.2 Å². The molecule has 0 radical (unpaired) electrons. The lowest BCUT2D eigenvalue weighted by atomic mass is 9.98. The average molecular weight is 414 g/mol. The standard InChI is InChI=1S/C24H31NO5/c1-3-27-14-15-29-17-16-28-13-12-25(2)24(26)30-18-23-21-10-6-4-8-19(21)20-9-5-7-11-22(20)23/h4-11,23H,3,12-18H2,1-2H3. The molecule has 0 atom stereocenters. The van der Waals surface area contributed by atoms with Gasteiger partial charge in [0, 0.05) is 26.1 Å². The number of carbonyl (C=O) groups excluding carboxylic acids is 1. The molecule has 3 rings (SSSR count). The van der Waals surface area contributed by atoms with Crippen LogP contribution < -0.4 is 0 Å². The highest BCUT2D eigenvalue weighted by Crippen LogP contribution is 2.44. The lowest BCUT2D eigenvalue weighted by Crippen LogP contribution is -2.32. The van der Waals surface area contributed by atoms with Crippen molar-refractivity contribution in [2.24, 2.45) is 0 Å². The molecule has 0 bridgehead atoms. The van der Waals surface area contributed by atoms with Gasteiger partial charge in [0.15, 0.2) is 0 Å². The van der Waals surface area contributed by atoms with E-state index in [2.05, 4.69) is 24.3 Å².